The Morgan fingerprint density at radius 1 is 1.45 bits per heavy atom. The van der Waals surface area contributed by atoms with E-state index in [4.69, 9.17) is 0 Å². The van der Waals surface area contributed by atoms with E-state index in [1.165, 1.54) is 12.1 Å². The second kappa shape index (κ2) is 6.13. The lowest BCUT2D eigenvalue weighted by Crippen LogP contribution is -2.45. The van der Waals surface area contributed by atoms with Crippen molar-refractivity contribution in [2.24, 2.45) is 0 Å². The van der Waals surface area contributed by atoms with E-state index in [1.807, 2.05) is 11.8 Å². The third-order valence-corrected chi connectivity index (χ3v) is 3.86. The van der Waals surface area contributed by atoms with Gasteiger partial charge < -0.3 is 20.4 Å². The van der Waals surface area contributed by atoms with E-state index >= 15 is 0 Å². The number of phenolic OH excluding ortho intramolecular Hbond substituents is 2. The first-order valence-electron chi connectivity index (χ1n) is 7.03. The van der Waals surface area contributed by atoms with Gasteiger partial charge in [0.1, 0.15) is 0 Å². The standard InChI is InChI=1S/C15H22N2O3/c1-10-4-3-7-17(10)15(20)11(2)16-9-12-5-6-13(18)14(19)8-12/h5-6,8,10-11,16,18-19H,3-4,7,9H2,1-2H3/t10?,11-/m0/s1. The summed E-state index contributed by atoms with van der Waals surface area (Å²) in [5.74, 6) is -0.154. The van der Waals surface area contributed by atoms with Gasteiger partial charge in [0.05, 0.1) is 6.04 Å². The molecule has 1 amide bonds. The molecule has 0 saturated carbocycles. The quantitative estimate of drug-likeness (QED) is 0.731. The van der Waals surface area contributed by atoms with Crippen LogP contribution >= 0.6 is 0 Å². The summed E-state index contributed by atoms with van der Waals surface area (Å²) >= 11 is 0. The number of hydrogen-bond acceptors (Lipinski definition) is 4. The van der Waals surface area contributed by atoms with Gasteiger partial charge in [0.25, 0.3) is 0 Å². The van der Waals surface area contributed by atoms with Crippen molar-refractivity contribution in [1.29, 1.82) is 0 Å². The van der Waals surface area contributed by atoms with Crippen LogP contribution in [0.1, 0.15) is 32.3 Å². The molecule has 0 aliphatic carbocycles. The van der Waals surface area contributed by atoms with Crippen LogP contribution in [0.2, 0.25) is 0 Å². The highest BCUT2D eigenvalue weighted by Gasteiger charge is 2.28. The molecule has 110 valence electrons. The predicted molar refractivity (Wildman–Crippen MR) is 76.5 cm³/mol. The van der Waals surface area contributed by atoms with Crippen LogP contribution in [0.25, 0.3) is 0 Å². The minimum absolute atomic E-state index is 0.123. The van der Waals surface area contributed by atoms with Crippen molar-refractivity contribution >= 4 is 5.91 Å². The zero-order valence-corrected chi connectivity index (χ0v) is 12.0. The lowest BCUT2D eigenvalue weighted by Gasteiger charge is -2.25. The molecule has 1 aromatic carbocycles. The van der Waals surface area contributed by atoms with Gasteiger partial charge in [0.15, 0.2) is 11.5 Å². The molecular formula is C15H22N2O3. The monoisotopic (exact) mass is 278 g/mol. The summed E-state index contributed by atoms with van der Waals surface area (Å²) in [4.78, 5) is 14.2. The highest BCUT2D eigenvalue weighted by molar-refractivity contribution is 5.82. The van der Waals surface area contributed by atoms with Gasteiger partial charge in [0.2, 0.25) is 5.91 Å². The molecule has 1 unspecified atom stereocenters. The maximum absolute atomic E-state index is 12.3. The van der Waals surface area contributed by atoms with E-state index in [1.54, 1.807) is 6.07 Å². The SMILES string of the molecule is CC1CCCN1C(=O)[C@H](C)NCc1ccc(O)c(O)c1. The number of hydrogen-bond donors (Lipinski definition) is 3. The zero-order valence-electron chi connectivity index (χ0n) is 12.0. The highest BCUT2D eigenvalue weighted by atomic mass is 16.3. The van der Waals surface area contributed by atoms with Crippen molar-refractivity contribution in [3.63, 3.8) is 0 Å². The number of amides is 1. The van der Waals surface area contributed by atoms with Crippen LogP contribution in [0.15, 0.2) is 18.2 Å². The second-order valence-corrected chi connectivity index (χ2v) is 5.45. The van der Waals surface area contributed by atoms with Crippen LogP contribution in [-0.4, -0.2) is 39.6 Å². The van der Waals surface area contributed by atoms with Gasteiger partial charge in [-0.3, -0.25) is 4.79 Å². The van der Waals surface area contributed by atoms with Crippen molar-refractivity contribution in [2.45, 2.75) is 45.3 Å². The largest absolute Gasteiger partial charge is 0.504 e. The van der Waals surface area contributed by atoms with Crippen molar-refractivity contribution < 1.29 is 15.0 Å². The summed E-state index contributed by atoms with van der Waals surface area (Å²) in [5.41, 5.74) is 0.828. The number of carbonyl (C=O) groups excluding carboxylic acids is 1. The van der Waals surface area contributed by atoms with E-state index in [9.17, 15) is 15.0 Å². The number of nitrogens with zero attached hydrogens (tertiary/aromatic N) is 1. The Balaban J connectivity index is 1.89. The third kappa shape index (κ3) is 3.22. The topological polar surface area (TPSA) is 72.8 Å². The van der Waals surface area contributed by atoms with Crippen molar-refractivity contribution in [3.05, 3.63) is 23.8 Å². The first-order chi connectivity index (χ1) is 9.49. The van der Waals surface area contributed by atoms with Crippen LogP contribution in [0, 0.1) is 0 Å². The molecule has 5 nitrogen and oxygen atoms in total. The van der Waals surface area contributed by atoms with Gasteiger partial charge in [-0.25, -0.2) is 0 Å². The van der Waals surface area contributed by atoms with E-state index < -0.39 is 0 Å². The predicted octanol–water partition coefficient (Wildman–Crippen LogP) is 1.59. The molecule has 1 saturated heterocycles. The van der Waals surface area contributed by atoms with E-state index in [0.717, 1.165) is 24.9 Å². The molecule has 0 spiro atoms. The molecule has 1 heterocycles. The zero-order chi connectivity index (χ0) is 14.7. The number of carbonyl (C=O) groups is 1. The van der Waals surface area contributed by atoms with Gasteiger partial charge >= 0.3 is 0 Å². The minimum atomic E-state index is -0.258. The van der Waals surface area contributed by atoms with Gasteiger partial charge in [-0.15, -0.1) is 0 Å². The van der Waals surface area contributed by atoms with Gasteiger partial charge in [-0.05, 0) is 44.4 Å². The molecule has 1 aliphatic heterocycles. The Labute approximate surface area is 119 Å². The van der Waals surface area contributed by atoms with Crippen molar-refractivity contribution in [1.82, 2.24) is 10.2 Å². The second-order valence-electron chi connectivity index (χ2n) is 5.45. The van der Waals surface area contributed by atoms with E-state index in [0.29, 0.717) is 12.6 Å². The number of likely N-dealkylation sites (tertiary alicyclic amines) is 1. The molecular weight excluding hydrogens is 256 g/mol. The average Bonchev–Trinajstić information content (AvgIpc) is 2.85. The average molecular weight is 278 g/mol. The normalized spacial score (nSPS) is 20.1. The van der Waals surface area contributed by atoms with Crippen LogP contribution in [0.5, 0.6) is 11.5 Å². The lowest BCUT2D eigenvalue weighted by atomic mass is 10.2. The van der Waals surface area contributed by atoms with Gasteiger partial charge in [-0.2, -0.15) is 0 Å². The smallest absolute Gasteiger partial charge is 0.239 e. The Hall–Kier alpha value is -1.75. The number of nitrogens with one attached hydrogen (secondary N) is 1. The van der Waals surface area contributed by atoms with Crippen LogP contribution in [0.4, 0.5) is 0 Å². The molecule has 3 N–H and O–H groups in total. The molecule has 1 aliphatic rings. The summed E-state index contributed by atoms with van der Waals surface area (Å²) in [6.07, 6.45) is 2.15. The molecule has 20 heavy (non-hydrogen) atoms. The fourth-order valence-electron chi connectivity index (χ4n) is 2.55. The Kier molecular flexibility index (Phi) is 4.49. The van der Waals surface area contributed by atoms with Crippen molar-refractivity contribution in [3.8, 4) is 11.5 Å². The summed E-state index contributed by atoms with van der Waals surface area (Å²) in [5, 5.41) is 21.8. The maximum Gasteiger partial charge on any atom is 0.239 e. The molecule has 2 rings (SSSR count). The lowest BCUT2D eigenvalue weighted by molar-refractivity contribution is -0.133. The number of phenols is 2. The number of benzene rings is 1. The molecule has 2 atom stereocenters. The number of rotatable bonds is 4. The molecule has 1 aromatic rings. The number of aromatic hydroxyl groups is 2. The van der Waals surface area contributed by atoms with E-state index in [2.05, 4.69) is 12.2 Å². The highest BCUT2D eigenvalue weighted by Crippen LogP contribution is 2.24. The van der Waals surface area contributed by atoms with Crippen LogP contribution < -0.4 is 5.32 Å². The molecule has 0 radical (unpaired) electrons. The Morgan fingerprint density at radius 2 is 2.20 bits per heavy atom. The fraction of sp³-hybridized carbons (Fsp3) is 0.533. The minimum Gasteiger partial charge on any atom is -0.504 e. The molecule has 5 heteroatoms. The van der Waals surface area contributed by atoms with Crippen LogP contribution in [0.3, 0.4) is 0 Å². The third-order valence-electron chi connectivity index (χ3n) is 3.86. The van der Waals surface area contributed by atoms with E-state index in [-0.39, 0.29) is 23.4 Å². The Morgan fingerprint density at radius 3 is 2.80 bits per heavy atom. The first-order valence-corrected chi connectivity index (χ1v) is 7.03. The van der Waals surface area contributed by atoms with Crippen molar-refractivity contribution in [2.75, 3.05) is 6.54 Å². The van der Waals surface area contributed by atoms with Gasteiger partial charge in [-0.1, -0.05) is 6.07 Å². The fourth-order valence-corrected chi connectivity index (χ4v) is 2.55. The van der Waals surface area contributed by atoms with Crippen LogP contribution in [-0.2, 0) is 11.3 Å². The summed E-state index contributed by atoms with van der Waals surface area (Å²) in [6, 6.07) is 4.73. The summed E-state index contributed by atoms with van der Waals surface area (Å²) in [6.45, 7) is 5.25. The maximum atomic E-state index is 12.3. The molecule has 0 bridgehead atoms. The molecule has 0 aromatic heterocycles. The Bertz CT molecular complexity index is 490. The summed E-state index contributed by atoms with van der Waals surface area (Å²) < 4.78 is 0. The summed E-state index contributed by atoms with van der Waals surface area (Å²) in [7, 11) is 0. The first kappa shape index (κ1) is 14.7. The molecule has 1 fully saturated rings. The van der Waals surface area contributed by atoms with Gasteiger partial charge in [0, 0.05) is 19.1 Å².